The van der Waals surface area contributed by atoms with Crippen LogP contribution in [0.5, 0.6) is 5.75 Å². The third-order valence-corrected chi connectivity index (χ3v) is 4.87. The van der Waals surface area contributed by atoms with E-state index in [1.165, 1.54) is 49.6 Å². The number of nitrogens with zero attached hydrogens (tertiary/aromatic N) is 1. The van der Waals surface area contributed by atoms with Gasteiger partial charge in [-0.3, -0.25) is 14.4 Å². The molecule has 0 bridgehead atoms. The number of carboxylic acid groups (broad SMARTS) is 1. The van der Waals surface area contributed by atoms with E-state index >= 15 is 0 Å². The molecule has 0 radical (unpaired) electrons. The fraction of sp³-hybridized carbons (Fsp3) is 0.0435. The molecule has 0 unspecified atom stereocenters. The van der Waals surface area contributed by atoms with Crippen LogP contribution in [0.15, 0.2) is 66.7 Å². The minimum absolute atomic E-state index is 0.0661. The molecule has 0 aliphatic carbocycles. The number of carboxylic acids is 1. The molecule has 1 heterocycles. The van der Waals surface area contributed by atoms with E-state index < -0.39 is 17.8 Å². The van der Waals surface area contributed by atoms with E-state index in [-0.39, 0.29) is 33.6 Å². The van der Waals surface area contributed by atoms with E-state index in [0.29, 0.717) is 11.4 Å². The van der Waals surface area contributed by atoms with E-state index in [0.717, 1.165) is 4.90 Å². The van der Waals surface area contributed by atoms with Gasteiger partial charge in [0.2, 0.25) is 0 Å². The van der Waals surface area contributed by atoms with Crippen molar-refractivity contribution < 1.29 is 29.0 Å². The first-order valence-corrected chi connectivity index (χ1v) is 8.95. The van der Waals surface area contributed by atoms with Gasteiger partial charge in [0, 0.05) is 11.1 Å². The van der Waals surface area contributed by atoms with Gasteiger partial charge < -0.3 is 9.84 Å². The van der Waals surface area contributed by atoms with Gasteiger partial charge in [0.1, 0.15) is 5.75 Å². The Labute approximate surface area is 171 Å². The maximum absolute atomic E-state index is 12.9. The Bertz CT molecular complexity index is 1200. The summed E-state index contributed by atoms with van der Waals surface area (Å²) in [6.07, 6.45) is 0. The van der Waals surface area contributed by atoms with Crippen molar-refractivity contribution in [2.24, 2.45) is 0 Å². The second-order valence-corrected chi connectivity index (χ2v) is 6.62. The molecule has 0 saturated heterocycles. The molecule has 1 aliphatic heterocycles. The number of ketones is 1. The molecule has 30 heavy (non-hydrogen) atoms. The average molecular weight is 401 g/mol. The summed E-state index contributed by atoms with van der Waals surface area (Å²) in [4.78, 5) is 50.4. The second kappa shape index (κ2) is 7.29. The summed E-state index contributed by atoms with van der Waals surface area (Å²) in [6.45, 7) is 0. The molecule has 1 aliphatic rings. The third kappa shape index (κ3) is 3.12. The first kappa shape index (κ1) is 19.1. The van der Waals surface area contributed by atoms with Gasteiger partial charge in [0.25, 0.3) is 11.8 Å². The molecule has 7 nitrogen and oxygen atoms in total. The highest BCUT2D eigenvalue weighted by atomic mass is 16.5. The number of aromatic carboxylic acids is 1. The van der Waals surface area contributed by atoms with Gasteiger partial charge in [-0.2, -0.15) is 0 Å². The fourth-order valence-electron chi connectivity index (χ4n) is 3.28. The number of amides is 2. The van der Waals surface area contributed by atoms with Crippen LogP contribution in [0, 0.1) is 0 Å². The fourth-order valence-corrected chi connectivity index (χ4v) is 3.28. The Morgan fingerprint density at radius 3 is 1.93 bits per heavy atom. The lowest BCUT2D eigenvalue weighted by molar-refractivity contribution is 0.0695. The minimum atomic E-state index is -1.09. The summed E-state index contributed by atoms with van der Waals surface area (Å²) in [5.74, 6) is -1.86. The number of rotatable bonds is 5. The average Bonchev–Trinajstić information content (AvgIpc) is 3.03. The van der Waals surface area contributed by atoms with Crippen LogP contribution in [0.4, 0.5) is 5.69 Å². The molecule has 0 atom stereocenters. The third-order valence-electron chi connectivity index (χ3n) is 4.87. The van der Waals surface area contributed by atoms with Crippen LogP contribution in [0.3, 0.4) is 0 Å². The summed E-state index contributed by atoms with van der Waals surface area (Å²) in [5.41, 5.74) is 1.34. The zero-order chi connectivity index (χ0) is 21.4. The number of benzene rings is 3. The number of carbonyl (C=O) groups excluding carboxylic acids is 3. The van der Waals surface area contributed by atoms with Crippen molar-refractivity contribution >= 4 is 29.3 Å². The Morgan fingerprint density at radius 1 is 0.767 bits per heavy atom. The Balaban J connectivity index is 1.65. The van der Waals surface area contributed by atoms with Crippen LogP contribution in [-0.2, 0) is 0 Å². The normalized spacial score (nSPS) is 12.6. The highest BCUT2D eigenvalue weighted by Crippen LogP contribution is 2.30. The van der Waals surface area contributed by atoms with E-state index in [1.807, 2.05) is 0 Å². The van der Waals surface area contributed by atoms with Gasteiger partial charge in [-0.1, -0.05) is 18.2 Å². The van der Waals surface area contributed by atoms with E-state index in [2.05, 4.69) is 0 Å². The molecule has 4 rings (SSSR count). The molecule has 3 aromatic rings. The lowest BCUT2D eigenvalue weighted by Gasteiger charge is -2.14. The number of imide groups is 1. The number of hydrogen-bond donors (Lipinski definition) is 1. The number of hydrogen-bond acceptors (Lipinski definition) is 5. The maximum atomic E-state index is 12.9. The maximum Gasteiger partial charge on any atom is 0.335 e. The Morgan fingerprint density at radius 2 is 1.33 bits per heavy atom. The molecule has 148 valence electrons. The van der Waals surface area contributed by atoms with Crippen molar-refractivity contribution in [1.29, 1.82) is 0 Å². The Kier molecular flexibility index (Phi) is 4.63. The van der Waals surface area contributed by atoms with Crippen molar-refractivity contribution in [3.8, 4) is 5.75 Å². The summed E-state index contributed by atoms with van der Waals surface area (Å²) >= 11 is 0. The molecule has 2 amide bonds. The number of methoxy groups -OCH3 is 1. The van der Waals surface area contributed by atoms with Crippen LogP contribution in [-0.4, -0.2) is 35.8 Å². The minimum Gasteiger partial charge on any atom is -0.497 e. The van der Waals surface area contributed by atoms with Gasteiger partial charge in [-0.25, -0.2) is 9.69 Å². The molecule has 7 heteroatoms. The summed E-state index contributed by atoms with van der Waals surface area (Å²) in [7, 11) is 1.52. The van der Waals surface area contributed by atoms with Gasteiger partial charge in [-0.15, -0.1) is 0 Å². The monoisotopic (exact) mass is 401 g/mol. The SMILES string of the molecule is COc1ccc(N2C(=O)c3ccc(C(=O)c4ccc(C(=O)O)cc4)cc3C2=O)cc1. The predicted molar refractivity (Wildman–Crippen MR) is 107 cm³/mol. The second-order valence-electron chi connectivity index (χ2n) is 6.62. The van der Waals surface area contributed by atoms with E-state index in [4.69, 9.17) is 9.84 Å². The topological polar surface area (TPSA) is 101 Å². The van der Waals surface area contributed by atoms with Crippen LogP contribution in [0.25, 0.3) is 0 Å². The lowest BCUT2D eigenvalue weighted by Crippen LogP contribution is -2.29. The lowest BCUT2D eigenvalue weighted by atomic mass is 9.98. The molecule has 0 saturated carbocycles. The van der Waals surface area contributed by atoms with Crippen molar-refractivity contribution in [1.82, 2.24) is 0 Å². The molecule has 1 N–H and O–H groups in total. The largest absolute Gasteiger partial charge is 0.497 e. The number of fused-ring (bicyclic) bond motifs is 1. The summed E-state index contributed by atoms with van der Waals surface area (Å²) in [5, 5.41) is 8.97. The molecule has 0 fully saturated rings. The molecule has 0 aromatic heterocycles. The first-order valence-electron chi connectivity index (χ1n) is 8.95. The standard InChI is InChI=1S/C23H15NO6/c1-30-17-9-7-16(8-10-17)24-21(26)18-11-6-15(12-19(18)22(24)27)20(25)13-2-4-14(5-3-13)23(28)29/h2-12H,1H3,(H,28,29). The smallest absolute Gasteiger partial charge is 0.335 e. The Hall–Kier alpha value is -4.26. The molecular weight excluding hydrogens is 386 g/mol. The van der Waals surface area contributed by atoms with Crippen molar-refractivity contribution in [2.75, 3.05) is 12.0 Å². The highest BCUT2D eigenvalue weighted by Gasteiger charge is 2.37. The zero-order valence-corrected chi connectivity index (χ0v) is 15.8. The van der Waals surface area contributed by atoms with E-state index in [1.54, 1.807) is 24.3 Å². The predicted octanol–water partition coefficient (Wildman–Crippen LogP) is 3.43. The van der Waals surface area contributed by atoms with Gasteiger partial charge in [0.15, 0.2) is 5.78 Å². The van der Waals surface area contributed by atoms with Crippen LogP contribution < -0.4 is 9.64 Å². The first-order chi connectivity index (χ1) is 14.4. The van der Waals surface area contributed by atoms with Crippen LogP contribution in [0.1, 0.15) is 47.0 Å². The van der Waals surface area contributed by atoms with Gasteiger partial charge in [-0.05, 0) is 48.5 Å². The molecule has 3 aromatic carbocycles. The van der Waals surface area contributed by atoms with Crippen LogP contribution in [0.2, 0.25) is 0 Å². The van der Waals surface area contributed by atoms with Crippen LogP contribution >= 0.6 is 0 Å². The van der Waals surface area contributed by atoms with Crippen molar-refractivity contribution in [3.05, 3.63) is 94.5 Å². The number of anilines is 1. The quantitative estimate of drug-likeness (QED) is 0.519. The van der Waals surface area contributed by atoms with Gasteiger partial charge >= 0.3 is 5.97 Å². The van der Waals surface area contributed by atoms with Crippen molar-refractivity contribution in [3.63, 3.8) is 0 Å². The summed E-state index contributed by atoms with van der Waals surface area (Å²) in [6, 6.07) is 16.3. The number of ether oxygens (including phenoxy) is 1. The van der Waals surface area contributed by atoms with E-state index in [9.17, 15) is 19.2 Å². The number of carbonyl (C=O) groups is 4. The highest BCUT2D eigenvalue weighted by molar-refractivity contribution is 6.34. The summed E-state index contributed by atoms with van der Waals surface area (Å²) < 4.78 is 5.09. The van der Waals surface area contributed by atoms with Gasteiger partial charge in [0.05, 0.1) is 29.5 Å². The van der Waals surface area contributed by atoms with Crippen molar-refractivity contribution in [2.45, 2.75) is 0 Å². The zero-order valence-electron chi connectivity index (χ0n) is 15.8. The molecular formula is C23H15NO6. The molecule has 0 spiro atoms.